The molecule has 0 heterocycles. The predicted octanol–water partition coefficient (Wildman–Crippen LogP) is 3.57. The Morgan fingerprint density at radius 3 is 1.76 bits per heavy atom. The number of hydrogen-bond donors (Lipinski definition) is 1. The van der Waals surface area contributed by atoms with E-state index >= 15 is 0 Å². The molecular formula is C19H24N2. The Balaban J connectivity index is 1.74. The van der Waals surface area contributed by atoms with Crippen molar-refractivity contribution in [2.75, 3.05) is 0 Å². The Labute approximate surface area is 127 Å². The molecule has 0 amide bonds. The lowest BCUT2D eigenvalue weighted by molar-refractivity contribution is 0.179. The highest BCUT2D eigenvalue weighted by Gasteiger charge is 2.27. The van der Waals surface area contributed by atoms with Crippen LogP contribution in [0.5, 0.6) is 0 Å². The first-order valence-electron chi connectivity index (χ1n) is 7.89. The Morgan fingerprint density at radius 1 is 0.810 bits per heavy atom. The maximum absolute atomic E-state index is 6.12. The van der Waals surface area contributed by atoms with Crippen molar-refractivity contribution in [3.63, 3.8) is 0 Å². The van der Waals surface area contributed by atoms with Crippen molar-refractivity contribution < 1.29 is 0 Å². The first-order chi connectivity index (χ1) is 10.3. The number of nitrogens with two attached hydrogens (primary N) is 1. The summed E-state index contributed by atoms with van der Waals surface area (Å²) in [6.07, 6.45) is 3.51. The first kappa shape index (κ1) is 14.3. The molecule has 2 nitrogen and oxygen atoms in total. The molecule has 1 fully saturated rings. The topological polar surface area (TPSA) is 29.3 Å². The van der Waals surface area contributed by atoms with Crippen molar-refractivity contribution in [3.05, 3.63) is 71.8 Å². The van der Waals surface area contributed by atoms with Crippen LogP contribution in [0.3, 0.4) is 0 Å². The van der Waals surface area contributed by atoms with Crippen LogP contribution in [0.15, 0.2) is 60.7 Å². The Bertz CT molecular complexity index is 497. The molecule has 110 valence electrons. The summed E-state index contributed by atoms with van der Waals surface area (Å²) in [5.41, 5.74) is 8.89. The fourth-order valence-electron chi connectivity index (χ4n) is 3.27. The van der Waals surface area contributed by atoms with E-state index in [0.29, 0.717) is 12.1 Å². The lowest BCUT2D eigenvalue weighted by atomic mass is 10.1. The van der Waals surface area contributed by atoms with Gasteiger partial charge in [-0.1, -0.05) is 60.7 Å². The van der Waals surface area contributed by atoms with E-state index in [1.165, 1.54) is 17.5 Å². The third kappa shape index (κ3) is 3.93. The summed E-state index contributed by atoms with van der Waals surface area (Å²) >= 11 is 0. The van der Waals surface area contributed by atoms with Gasteiger partial charge < -0.3 is 5.73 Å². The summed E-state index contributed by atoms with van der Waals surface area (Å²) in [4.78, 5) is 2.59. The molecule has 2 heteroatoms. The van der Waals surface area contributed by atoms with Crippen LogP contribution in [0.25, 0.3) is 0 Å². The molecule has 3 rings (SSSR count). The monoisotopic (exact) mass is 280 g/mol. The molecule has 1 aliphatic rings. The quantitative estimate of drug-likeness (QED) is 0.907. The molecule has 21 heavy (non-hydrogen) atoms. The Hall–Kier alpha value is -1.64. The largest absolute Gasteiger partial charge is 0.328 e. The first-order valence-corrected chi connectivity index (χ1v) is 7.89. The molecule has 2 aromatic carbocycles. The van der Waals surface area contributed by atoms with Crippen molar-refractivity contribution in [1.29, 1.82) is 0 Å². The van der Waals surface area contributed by atoms with Gasteiger partial charge in [0, 0.05) is 25.2 Å². The average molecular weight is 280 g/mol. The average Bonchev–Trinajstić information content (AvgIpc) is 2.95. The highest BCUT2D eigenvalue weighted by atomic mass is 15.2. The second-order valence-corrected chi connectivity index (χ2v) is 6.10. The zero-order chi connectivity index (χ0) is 14.5. The highest BCUT2D eigenvalue weighted by molar-refractivity contribution is 5.17. The molecule has 0 aliphatic heterocycles. The Kier molecular flexibility index (Phi) is 4.69. The van der Waals surface area contributed by atoms with E-state index in [4.69, 9.17) is 5.73 Å². The van der Waals surface area contributed by atoms with Crippen molar-refractivity contribution in [2.45, 2.75) is 44.4 Å². The van der Waals surface area contributed by atoms with Crippen LogP contribution in [0.2, 0.25) is 0 Å². The number of nitrogens with zero attached hydrogens (tertiary/aromatic N) is 1. The van der Waals surface area contributed by atoms with Gasteiger partial charge in [0.15, 0.2) is 0 Å². The molecule has 0 bridgehead atoms. The molecule has 2 aromatic rings. The summed E-state index contributed by atoms with van der Waals surface area (Å²) < 4.78 is 0. The maximum atomic E-state index is 6.12. The van der Waals surface area contributed by atoms with E-state index in [1.807, 2.05) is 0 Å². The van der Waals surface area contributed by atoms with Crippen molar-refractivity contribution in [3.8, 4) is 0 Å². The molecule has 0 aromatic heterocycles. The third-order valence-corrected chi connectivity index (χ3v) is 4.42. The van der Waals surface area contributed by atoms with Gasteiger partial charge in [-0.2, -0.15) is 0 Å². The van der Waals surface area contributed by atoms with Gasteiger partial charge in [0.1, 0.15) is 0 Å². The van der Waals surface area contributed by atoms with Crippen LogP contribution in [0.4, 0.5) is 0 Å². The van der Waals surface area contributed by atoms with E-state index in [0.717, 1.165) is 25.9 Å². The lowest BCUT2D eigenvalue weighted by Gasteiger charge is -2.29. The standard InChI is InChI=1S/C19H24N2/c20-18-11-12-19(13-18)21(14-16-7-3-1-4-8-16)15-17-9-5-2-6-10-17/h1-10,18-19H,11-15,20H2/t18-,19+/m0/s1. The maximum Gasteiger partial charge on any atom is 0.0240 e. The van der Waals surface area contributed by atoms with E-state index in [1.54, 1.807) is 0 Å². The lowest BCUT2D eigenvalue weighted by Crippen LogP contribution is -2.33. The third-order valence-electron chi connectivity index (χ3n) is 4.42. The van der Waals surface area contributed by atoms with Gasteiger partial charge in [-0.25, -0.2) is 0 Å². The minimum Gasteiger partial charge on any atom is -0.328 e. The van der Waals surface area contributed by atoms with Gasteiger partial charge in [-0.05, 0) is 30.4 Å². The zero-order valence-corrected chi connectivity index (χ0v) is 12.5. The fourth-order valence-corrected chi connectivity index (χ4v) is 3.27. The SMILES string of the molecule is N[C@H]1CC[C@@H](N(Cc2ccccc2)Cc2ccccc2)C1. The molecule has 1 aliphatic carbocycles. The summed E-state index contributed by atoms with van der Waals surface area (Å²) in [5, 5.41) is 0. The van der Waals surface area contributed by atoms with Crippen LogP contribution in [0, 0.1) is 0 Å². The van der Waals surface area contributed by atoms with Crippen molar-refractivity contribution in [1.82, 2.24) is 4.90 Å². The molecule has 2 atom stereocenters. The van der Waals surface area contributed by atoms with Crippen LogP contribution in [-0.4, -0.2) is 17.0 Å². The molecule has 0 spiro atoms. The summed E-state index contributed by atoms with van der Waals surface area (Å²) in [5.74, 6) is 0. The normalized spacial score (nSPS) is 21.8. The minimum atomic E-state index is 0.379. The van der Waals surface area contributed by atoms with E-state index in [9.17, 15) is 0 Å². The summed E-state index contributed by atoms with van der Waals surface area (Å²) in [6.45, 7) is 2.01. The van der Waals surface area contributed by atoms with E-state index in [-0.39, 0.29) is 0 Å². The van der Waals surface area contributed by atoms with Crippen LogP contribution in [-0.2, 0) is 13.1 Å². The van der Waals surface area contributed by atoms with Gasteiger partial charge >= 0.3 is 0 Å². The Morgan fingerprint density at radius 2 is 1.33 bits per heavy atom. The summed E-state index contributed by atoms with van der Waals surface area (Å²) in [7, 11) is 0. The van der Waals surface area contributed by atoms with Gasteiger partial charge in [-0.15, -0.1) is 0 Å². The van der Waals surface area contributed by atoms with Crippen LogP contribution < -0.4 is 5.73 Å². The number of benzene rings is 2. The molecule has 0 radical (unpaired) electrons. The van der Waals surface area contributed by atoms with Crippen molar-refractivity contribution in [2.24, 2.45) is 5.73 Å². The van der Waals surface area contributed by atoms with E-state index in [2.05, 4.69) is 65.6 Å². The smallest absolute Gasteiger partial charge is 0.0240 e. The molecule has 2 N–H and O–H groups in total. The minimum absolute atomic E-state index is 0.379. The fraction of sp³-hybridized carbons (Fsp3) is 0.368. The van der Waals surface area contributed by atoms with Gasteiger partial charge in [-0.3, -0.25) is 4.90 Å². The van der Waals surface area contributed by atoms with E-state index < -0.39 is 0 Å². The van der Waals surface area contributed by atoms with Crippen LogP contribution in [0.1, 0.15) is 30.4 Å². The molecule has 1 saturated carbocycles. The number of hydrogen-bond acceptors (Lipinski definition) is 2. The summed E-state index contributed by atoms with van der Waals surface area (Å²) in [6, 6.07) is 22.5. The zero-order valence-electron chi connectivity index (χ0n) is 12.5. The second-order valence-electron chi connectivity index (χ2n) is 6.10. The van der Waals surface area contributed by atoms with Crippen LogP contribution >= 0.6 is 0 Å². The predicted molar refractivity (Wildman–Crippen MR) is 87.7 cm³/mol. The molecule has 0 saturated heterocycles. The van der Waals surface area contributed by atoms with Gasteiger partial charge in [0.2, 0.25) is 0 Å². The van der Waals surface area contributed by atoms with Gasteiger partial charge in [0.05, 0.1) is 0 Å². The number of rotatable bonds is 5. The van der Waals surface area contributed by atoms with Gasteiger partial charge in [0.25, 0.3) is 0 Å². The highest BCUT2D eigenvalue weighted by Crippen LogP contribution is 2.26. The molecule has 0 unspecified atom stereocenters. The molecular weight excluding hydrogens is 256 g/mol. The van der Waals surface area contributed by atoms with Crippen molar-refractivity contribution >= 4 is 0 Å². The second kappa shape index (κ2) is 6.88.